The van der Waals surface area contributed by atoms with E-state index in [1.165, 1.54) is 6.33 Å². The van der Waals surface area contributed by atoms with Gasteiger partial charge >= 0.3 is 0 Å². The molecular formula is C10H12N4O. The maximum atomic E-state index is 11.7. The van der Waals surface area contributed by atoms with Gasteiger partial charge in [-0.05, 0) is 0 Å². The van der Waals surface area contributed by atoms with Crippen molar-refractivity contribution >= 4 is 17.4 Å². The van der Waals surface area contributed by atoms with Crippen molar-refractivity contribution in [2.24, 2.45) is 5.92 Å². The number of carbonyl (C=O) groups is 1. The molecule has 1 saturated heterocycles. The van der Waals surface area contributed by atoms with Crippen LogP contribution < -0.4 is 10.6 Å². The fourth-order valence-corrected chi connectivity index (χ4v) is 1.67. The van der Waals surface area contributed by atoms with Gasteiger partial charge in [0.15, 0.2) is 5.82 Å². The maximum Gasteiger partial charge on any atom is 0.227 e. The lowest BCUT2D eigenvalue weighted by molar-refractivity contribution is -0.117. The first-order valence-corrected chi connectivity index (χ1v) is 4.70. The van der Waals surface area contributed by atoms with Gasteiger partial charge in [0.25, 0.3) is 0 Å². The molecule has 1 atom stereocenters. The summed E-state index contributed by atoms with van der Waals surface area (Å²) in [6.07, 6.45) is 5.20. The van der Waals surface area contributed by atoms with Crippen molar-refractivity contribution in [1.82, 2.24) is 9.97 Å². The van der Waals surface area contributed by atoms with Gasteiger partial charge in [0, 0.05) is 18.9 Å². The van der Waals surface area contributed by atoms with Gasteiger partial charge in [-0.3, -0.25) is 4.79 Å². The van der Waals surface area contributed by atoms with E-state index in [4.69, 9.17) is 5.73 Å². The molecule has 1 aliphatic heterocycles. The Kier molecular flexibility index (Phi) is 2.37. The molecule has 2 N–H and O–H groups in total. The van der Waals surface area contributed by atoms with E-state index in [1.54, 1.807) is 17.2 Å². The fourth-order valence-electron chi connectivity index (χ4n) is 1.67. The molecule has 1 aromatic heterocycles. The summed E-state index contributed by atoms with van der Waals surface area (Å²) in [5.41, 5.74) is 6.27. The van der Waals surface area contributed by atoms with Crippen LogP contribution in [-0.4, -0.2) is 22.4 Å². The highest BCUT2D eigenvalue weighted by Crippen LogP contribution is 2.27. The largest absolute Gasteiger partial charge is 0.382 e. The summed E-state index contributed by atoms with van der Waals surface area (Å²) in [5.74, 6) is 0.571. The van der Waals surface area contributed by atoms with Crippen LogP contribution in [-0.2, 0) is 4.79 Å². The number of hydrogen-bond donors (Lipinski definition) is 1. The maximum absolute atomic E-state index is 11.7. The smallest absolute Gasteiger partial charge is 0.227 e. The summed E-state index contributed by atoms with van der Waals surface area (Å²) in [4.78, 5) is 21.0. The SMILES string of the molecule is C=CC1CC(=O)N(c2cncnc2N)C1. The molecule has 0 saturated carbocycles. The van der Waals surface area contributed by atoms with Crippen molar-refractivity contribution < 1.29 is 4.79 Å². The molecule has 1 aromatic rings. The van der Waals surface area contributed by atoms with Crippen molar-refractivity contribution in [3.8, 4) is 0 Å². The molecule has 1 aliphatic rings. The van der Waals surface area contributed by atoms with E-state index in [0.717, 1.165) is 0 Å². The summed E-state index contributed by atoms with van der Waals surface area (Å²) < 4.78 is 0. The normalized spacial score (nSPS) is 20.7. The van der Waals surface area contributed by atoms with Crippen molar-refractivity contribution in [2.45, 2.75) is 6.42 Å². The minimum absolute atomic E-state index is 0.0430. The Morgan fingerprint density at radius 2 is 2.47 bits per heavy atom. The predicted octanol–water partition coefficient (Wildman–Crippen LogP) is 0.598. The number of aromatic nitrogens is 2. The van der Waals surface area contributed by atoms with Crippen LogP contribution in [0.3, 0.4) is 0 Å². The van der Waals surface area contributed by atoms with Crippen molar-refractivity contribution in [3.63, 3.8) is 0 Å². The summed E-state index contributed by atoms with van der Waals surface area (Å²) in [6.45, 7) is 4.30. The number of nitrogens with zero attached hydrogens (tertiary/aromatic N) is 3. The zero-order chi connectivity index (χ0) is 10.8. The average molecular weight is 204 g/mol. The van der Waals surface area contributed by atoms with Crippen LogP contribution in [0.1, 0.15) is 6.42 Å². The minimum Gasteiger partial charge on any atom is -0.382 e. The number of hydrogen-bond acceptors (Lipinski definition) is 4. The topological polar surface area (TPSA) is 72.1 Å². The van der Waals surface area contributed by atoms with Gasteiger partial charge in [-0.1, -0.05) is 6.08 Å². The monoisotopic (exact) mass is 204 g/mol. The highest BCUT2D eigenvalue weighted by atomic mass is 16.2. The number of anilines is 2. The van der Waals surface area contributed by atoms with E-state index >= 15 is 0 Å². The van der Waals surface area contributed by atoms with Gasteiger partial charge in [-0.25, -0.2) is 9.97 Å². The first-order valence-electron chi connectivity index (χ1n) is 4.70. The van der Waals surface area contributed by atoms with E-state index in [2.05, 4.69) is 16.5 Å². The fraction of sp³-hybridized carbons (Fsp3) is 0.300. The number of nitrogens with two attached hydrogens (primary N) is 1. The molecule has 0 aromatic carbocycles. The Morgan fingerprint density at radius 3 is 3.07 bits per heavy atom. The molecule has 2 rings (SSSR count). The highest BCUT2D eigenvalue weighted by molar-refractivity contribution is 5.97. The number of rotatable bonds is 2. The molecule has 1 amide bonds. The average Bonchev–Trinajstić information content (AvgIpc) is 2.60. The lowest BCUT2D eigenvalue weighted by atomic mass is 10.1. The van der Waals surface area contributed by atoms with Gasteiger partial charge in [0.2, 0.25) is 5.91 Å². The van der Waals surface area contributed by atoms with Crippen molar-refractivity contribution in [2.75, 3.05) is 17.2 Å². The van der Waals surface area contributed by atoms with Gasteiger partial charge in [-0.2, -0.15) is 0 Å². The van der Waals surface area contributed by atoms with Crippen LogP contribution in [0.5, 0.6) is 0 Å². The van der Waals surface area contributed by atoms with E-state index in [0.29, 0.717) is 24.5 Å². The lowest BCUT2D eigenvalue weighted by Crippen LogP contribution is -2.25. The van der Waals surface area contributed by atoms with E-state index in [1.807, 2.05) is 0 Å². The van der Waals surface area contributed by atoms with Crippen molar-refractivity contribution in [1.29, 1.82) is 0 Å². The standard InChI is InChI=1S/C10H12N4O/c1-2-7-3-9(15)14(5-7)8-4-12-6-13-10(8)11/h2,4,6-7H,1,3,5H2,(H2,11,12,13). The van der Waals surface area contributed by atoms with E-state index < -0.39 is 0 Å². The Labute approximate surface area is 87.6 Å². The second kappa shape index (κ2) is 3.68. The van der Waals surface area contributed by atoms with Gasteiger partial charge in [0.1, 0.15) is 12.0 Å². The second-order valence-corrected chi connectivity index (χ2v) is 3.50. The predicted molar refractivity (Wildman–Crippen MR) is 57.1 cm³/mol. The Morgan fingerprint density at radius 1 is 1.67 bits per heavy atom. The molecule has 5 nitrogen and oxygen atoms in total. The number of nitrogen functional groups attached to an aromatic ring is 1. The second-order valence-electron chi connectivity index (χ2n) is 3.50. The third kappa shape index (κ3) is 1.68. The molecule has 0 bridgehead atoms. The quantitative estimate of drug-likeness (QED) is 0.716. The zero-order valence-corrected chi connectivity index (χ0v) is 8.26. The molecule has 0 radical (unpaired) electrons. The lowest BCUT2D eigenvalue weighted by Gasteiger charge is -2.16. The third-order valence-electron chi connectivity index (χ3n) is 2.50. The minimum atomic E-state index is 0.0430. The summed E-state index contributed by atoms with van der Waals surface area (Å²) in [7, 11) is 0. The van der Waals surface area contributed by atoms with Gasteiger partial charge in [-0.15, -0.1) is 6.58 Å². The van der Waals surface area contributed by atoms with Crippen LogP contribution >= 0.6 is 0 Å². The Hall–Kier alpha value is -1.91. The van der Waals surface area contributed by atoms with Crippen LogP contribution in [0.15, 0.2) is 25.2 Å². The highest BCUT2D eigenvalue weighted by Gasteiger charge is 2.30. The molecule has 5 heteroatoms. The molecule has 15 heavy (non-hydrogen) atoms. The molecule has 1 unspecified atom stereocenters. The van der Waals surface area contributed by atoms with Crippen LogP contribution in [0.2, 0.25) is 0 Å². The third-order valence-corrected chi connectivity index (χ3v) is 2.50. The zero-order valence-electron chi connectivity index (χ0n) is 8.26. The molecular weight excluding hydrogens is 192 g/mol. The van der Waals surface area contributed by atoms with Gasteiger partial charge < -0.3 is 10.6 Å². The molecule has 1 fully saturated rings. The molecule has 2 heterocycles. The summed E-state index contributed by atoms with van der Waals surface area (Å²) in [5, 5.41) is 0. The van der Waals surface area contributed by atoms with Crippen LogP contribution in [0, 0.1) is 5.92 Å². The van der Waals surface area contributed by atoms with E-state index in [9.17, 15) is 4.79 Å². The molecule has 78 valence electrons. The summed E-state index contributed by atoms with van der Waals surface area (Å²) in [6, 6.07) is 0. The van der Waals surface area contributed by atoms with Gasteiger partial charge in [0.05, 0.1) is 6.20 Å². The number of amides is 1. The summed E-state index contributed by atoms with van der Waals surface area (Å²) >= 11 is 0. The van der Waals surface area contributed by atoms with E-state index in [-0.39, 0.29) is 11.8 Å². The first-order chi connectivity index (χ1) is 7.22. The van der Waals surface area contributed by atoms with Crippen LogP contribution in [0.4, 0.5) is 11.5 Å². The molecule has 0 spiro atoms. The van der Waals surface area contributed by atoms with Crippen molar-refractivity contribution in [3.05, 3.63) is 25.2 Å². The van der Waals surface area contributed by atoms with Crippen LogP contribution in [0.25, 0.3) is 0 Å². The Balaban J connectivity index is 2.29. The molecule has 0 aliphatic carbocycles. The number of carbonyl (C=O) groups excluding carboxylic acids is 1. The Bertz CT molecular complexity index is 404. The first kappa shape index (κ1) is 9.64.